The van der Waals surface area contributed by atoms with Gasteiger partial charge in [-0.15, -0.1) is 0 Å². The van der Waals surface area contributed by atoms with Crippen LogP contribution in [0.2, 0.25) is 0 Å². The number of ether oxygens (including phenoxy) is 1. The Labute approximate surface area is 110 Å². The summed E-state index contributed by atoms with van der Waals surface area (Å²) in [6.07, 6.45) is 0.452. The second kappa shape index (κ2) is 6.15. The van der Waals surface area contributed by atoms with Gasteiger partial charge in [0.15, 0.2) is 0 Å². The monoisotopic (exact) mass is 317 g/mol. The Morgan fingerprint density at radius 1 is 1.56 bits per heavy atom. The number of amides is 1. The first-order chi connectivity index (χ1) is 8.45. The molecular formula is C11H9BrFNO4. The lowest BCUT2D eigenvalue weighted by Gasteiger charge is -2.08. The van der Waals surface area contributed by atoms with Crippen molar-refractivity contribution in [3.63, 3.8) is 0 Å². The maximum Gasteiger partial charge on any atom is 0.412 e. The third kappa shape index (κ3) is 3.56. The lowest BCUT2D eigenvalue weighted by atomic mass is 10.2. The highest BCUT2D eigenvalue weighted by Crippen LogP contribution is 2.24. The van der Waals surface area contributed by atoms with Crippen LogP contribution < -0.4 is 5.32 Å². The fraction of sp³-hybridized carbons (Fsp3) is 0.0909. The van der Waals surface area contributed by atoms with Gasteiger partial charge in [-0.05, 0) is 28.1 Å². The second-order valence-corrected chi connectivity index (χ2v) is 3.98. The molecule has 0 spiro atoms. The Morgan fingerprint density at radius 3 is 2.78 bits per heavy atom. The number of halogens is 2. The van der Waals surface area contributed by atoms with Gasteiger partial charge in [-0.2, -0.15) is 0 Å². The SMILES string of the molecule is C=CCOC(=O)Nc1cc(C(=O)O)c(Br)cc1F. The second-order valence-electron chi connectivity index (χ2n) is 3.13. The molecule has 0 bridgehead atoms. The van der Waals surface area contributed by atoms with E-state index in [-0.39, 0.29) is 22.3 Å². The van der Waals surface area contributed by atoms with Gasteiger partial charge >= 0.3 is 12.1 Å². The van der Waals surface area contributed by atoms with Crippen molar-refractivity contribution in [3.05, 3.63) is 40.6 Å². The molecule has 5 nitrogen and oxygen atoms in total. The number of carbonyl (C=O) groups is 2. The van der Waals surface area contributed by atoms with E-state index in [1.54, 1.807) is 0 Å². The Morgan fingerprint density at radius 2 is 2.22 bits per heavy atom. The Balaban J connectivity index is 2.95. The number of carboxylic acid groups (broad SMARTS) is 1. The fourth-order valence-corrected chi connectivity index (χ4v) is 1.57. The lowest BCUT2D eigenvalue weighted by molar-refractivity contribution is 0.0695. The number of rotatable bonds is 4. The van der Waals surface area contributed by atoms with Gasteiger partial charge in [0.2, 0.25) is 0 Å². The minimum atomic E-state index is -1.25. The maximum atomic E-state index is 13.5. The molecule has 7 heteroatoms. The van der Waals surface area contributed by atoms with Crippen molar-refractivity contribution in [2.24, 2.45) is 0 Å². The molecule has 2 N–H and O–H groups in total. The molecule has 0 unspecified atom stereocenters. The molecule has 0 radical (unpaired) electrons. The van der Waals surface area contributed by atoms with Crippen molar-refractivity contribution in [1.82, 2.24) is 0 Å². The highest BCUT2D eigenvalue weighted by molar-refractivity contribution is 9.10. The number of hydrogen-bond acceptors (Lipinski definition) is 3. The molecule has 1 rings (SSSR count). The number of carbonyl (C=O) groups excluding carboxylic acids is 1. The smallest absolute Gasteiger partial charge is 0.412 e. The molecule has 1 amide bonds. The molecule has 0 heterocycles. The first-order valence-electron chi connectivity index (χ1n) is 4.72. The van der Waals surface area contributed by atoms with Crippen LogP contribution in [0, 0.1) is 5.82 Å². The van der Waals surface area contributed by atoms with Gasteiger partial charge in [-0.3, -0.25) is 5.32 Å². The van der Waals surface area contributed by atoms with E-state index in [4.69, 9.17) is 5.11 Å². The van der Waals surface area contributed by atoms with E-state index in [9.17, 15) is 14.0 Å². The molecule has 0 saturated carbocycles. The van der Waals surface area contributed by atoms with Gasteiger partial charge in [0.05, 0.1) is 11.3 Å². The average molecular weight is 318 g/mol. The van der Waals surface area contributed by atoms with Crippen LogP contribution in [0.1, 0.15) is 10.4 Å². The van der Waals surface area contributed by atoms with E-state index in [2.05, 4.69) is 32.6 Å². The zero-order chi connectivity index (χ0) is 13.7. The number of aromatic carboxylic acids is 1. The molecule has 96 valence electrons. The van der Waals surface area contributed by atoms with Gasteiger partial charge < -0.3 is 9.84 Å². The summed E-state index contributed by atoms with van der Waals surface area (Å²) in [5.74, 6) is -2.02. The summed E-state index contributed by atoms with van der Waals surface area (Å²) in [5, 5.41) is 10.9. The third-order valence-electron chi connectivity index (χ3n) is 1.86. The van der Waals surface area contributed by atoms with Gasteiger partial charge in [0, 0.05) is 4.47 Å². The van der Waals surface area contributed by atoms with Gasteiger partial charge in [0.25, 0.3) is 0 Å². The molecule has 0 fully saturated rings. The van der Waals surface area contributed by atoms with Crippen molar-refractivity contribution in [1.29, 1.82) is 0 Å². The van der Waals surface area contributed by atoms with Crippen LogP contribution in [-0.2, 0) is 4.74 Å². The van der Waals surface area contributed by atoms with E-state index in [1.807, 2.05) is 0 Å². The topological polar surface area (TPSA) is 75.6 Å². The van der Waals surface area contributed by atoms with Crippen LogP contribution in [0.4, 0.5) is 14.9 Å². The van der Waals surface area contributed by atoms with Gasteiger partial charge in [0.1, 0.15) is 12.4 Å². The van der Waals surface area contributed by atoms with Crippen molar-refractivity contribution in [2.45, 2.75) is 0 Å². The lowest BCUT2D eigenvalue weighted by Crippen LogP contribution is -2.15. The maximum absolute atomic E-state index is 13.5. The van der Waals surface area contributed by atoms with Crippen LogP contribution in [0.5, 0.6) is 0 Å². The van der Waals surface area contributed by atoms with Crippen molar-refractivity contribution >= 4 is 33.7 Å². The molecule has 1 aromatic rings. The Hall–Kier alpha value is -1.89. The van der Waals surface area contributed by atoms with Crippen molar-refractivity contribution in [3.8, 4) is 0 Å². The molecule has 18 heavy (non-hydrogen) atoms. The summed E-state index contributed by atoms with van der Waals surface area (Å²) in [6.45, 7) is 3.31. The molecular weight excluding hydrogens is 309 g/mol. The van der Waals surface area contributed by atoms with Crippen LogP contribution in [0.25, 0.3) is 0 Å². The molecule has 0 aliphatic heterocycles. The third-order valence-corrected chi connectivity index (χ3v) is 2.51. The predicted octanol–water partition coefficient (Wildman–Crippen LogP) is 3.02. The first-order valence-corrected chi connectivity index (χ1v) is 5.52. The summed E-state index contributed by atoms with van der Waals surface area (Å²) >= 11 is 2.91. The molecule has 0 aromatic heterocycles. The van der Waals surface area contributed by atoms with E-state index in [0.29, 0.717) is 0 Å². The molecule has 0 saturated heterocycles. The summed E-state index contributed by atoms with van der Waals surface area (Å²) in [4.78, 5) is 22.0. The highest BCUT2D eigenvalue weighted by atomic mass is 79.9. The van der Waals surface area contributed by atoms with Crippen molar-refractivity contribution < 1.29 is 23.8 Å². The number of nitrogens with one attached hydrogen (secondary N) is 1. The number of hydrogen-bond donors (Lipinski definition) is 2. The summed E-state index contributed by atoms with van der Waals surface area (Å²) < 4.78 is 18.1. The van der Waals surface area contributed by atoms with E-state index in [1.165, 1.54) is 6.08 Å². The normalized spacial score (nSPS) is 9.67. The van der Waals surface area contributed by atoms with Crippen molar-refractivity contribution in [2.75, 3.05) is 11.9 Å². The zero-order valence-electron chi connectivity index (χ0n) is 9.07. The van der Waals surface area contributed by atoms with Gasteiger partial charge in [-0.25, -0.2) is 14.0 Å². The number of benzene rings is 1. The molecule has 0 aliphatic rings. The number of carboxylic acids is 1. The molecule has 1 aromatic carbocycles. The Kier molecular flexibility index (Phi) is 4.85. The first kappa shape index (κ1) is 14.2. The number of anilines is 1. The minimum Gasteiger partial charge on any atom is -0.478 e. The minimum absolute atomic E-state index is 0.0320. The van der Waals surface area contributed by atoms with Gasteiger partial charge in [-0.1, -0.05) is 12.7 Å². The molecule has 0 atom stereocenters. The van der Waals surface area contributed by atoms with E-state index >= 15 is 0 Å². The van der Waals surface area contributed by atoms with Crippen LogP contribution in [-0.4, -0.2) is 23.8 Å². The summed E-state index contributed by atoms with van der Waals surface area (Å²) in [6, 6.07) is 1.95. The fourth-order valence-electron chi connectivity index (χ4n) is 1.09. The Bertz CT molecular complexity index is 504. The van der Waals surface area contributed by atoms with Crippen LogP contribution in [0.3, 0.4) is 0 Å². The van der Waals surface area contributed by atoms with Crippen LogP contribution in [0.15, 0.2) is 29.3 Å². The standard InChI is InChI=1S/C11H9BrFNO4/c1-2-3-18-11(17)14-9-4-6(10(15)16)7(12)5-8(9)13/h2,4-5H,1,3H2,(H,14,17)(H,15,16). The quantitative estimate of drug-likeness (QED) is 0.837. The summed E-state index contributed by atoms with van der Waals surface area (Å²) in [5.41, 5.74) is -0.444. The zero-order valence-corrected chi connectivity index (χ0v) is 10.7. The average Bonchev–Trinajstić information content (AvgIpc) is 2.29. The van der Waals surface area contributed by atoms with E-state index in [0.717, 1.165) is 12.1 Å². The predicted molar refractivity (Wildman–Crippen MR) is 66.2 cm³/mol. The summed E-state index contributed by atoms with van der Waals surface area (Å²) in [7, 11) is 0. The van der Waals surface area contributed by atoms with Crippen LogP contribution >= 0.6 is 15.9 Å². The largest absolute Gasteiger partial charge is 0.478 e. The molecule has 0 aliphatic carbocycles. The van der Waals surface area contributed by atoms with E-state index < -0.39 is 17.9 Å². The highest BCUT2D eigenvalue weighted by Gasteiger charge is 2.15.